The first kappa shape index (κ1) is 14.0. The molecular formula is C12H21NO4. The number of hydrogen-bond acceptors (Lipinski definition) is 3. The molecule has 5 nitrogen and oxygen atoms in total. The number of carbonyl (C=O) groups excluding carboxylic acids is 1. The van der Waals surface area contributed by atoms with Crippen LogP contribution in [0, 0.1) is 11.3 Å². The molecule has 0 bridgehead atoms. The summed E-state index contributed by atoms with van der Waals surface area (Å²) < 4.78 is 0. The molecule has 1 rings (SSSR count). The van der Waals surface area contributed by atoms with Crippen molar-refractivity contribution in [2.45, 2.75) is 45.6 Å². The van der Waals surface area contributed by atoms with Crippen LogP contribution in [0.5, 0.6) is 0 Å². The van der Waals surface area contributed by atoms with Crippen molar-refractivity contribution >= 4 is 11.9 Å². The molecule has 1 aliphatic carbocycles. The van der Waals surface area contributed by atoms with Gasteiger partial charge in [-0.25, -0.2) is 4.79 Å². The zero-order valence-corrected chi connectivity index (χ0v) is 10.4. The highest BCUT2D eigenvalue weighted by Crippen LogP contribution is 2.40. The van der Waals surface area contributed by atoms with Crippen molar-refractivity contribution in [3.8, 4) is 0 Å². The summed E-state index contributed by atoms with van der Waals surface area (Å²) in [5.41, 5.74) is -0.0964. The van der Waals surface area contributed by atoms with Crippen LogP contribution in [0.1, 0.15) is 39.5 Å². The minimum absolute atomic E-state index is 0.0964. The van der Waals surface area contributed by atoms with Gasteiger partial charge in [-0.2, -0.15) is 0 Å². The van der Waals surface area contributed by atoms with Gasteiger partial charge in [-0.1, -0.05) is 26.7 Å². The minimum atomic E-state index is -1.20. The summed E-state index contributed by atoms with van der Waals surface area (Å²) in [6, 6.07) is -1.19. The van der Waals surface area contributed by atoms with E-state index in [1.165, 1.54) is 0 Å². The van der Waals surface area contributed by atoms with Crippen LogP contribution in [0.2, 0.25) is 0 Å². The van der Waals surface area contributed by atoms with E-state index in [0.717, 1.165) is 25.7 Å². The summed E-state index contributed by atoms with van der Waals surface area (Å²) in [7, 11) is 0. The second-order valence-corrected chi connectivity index (χ2v) is 5.37. The first-order chi connectivity index (χ1) is 7.88. The van der Waals surface area contributed by atoms with E-state index >= 15 is 0 Å². The van der Waals surface area contributed by atoms with E-state index in [1.807, 2.05) is 13.8 Å². The molecule has 1 fully saturated rings. The number of aliphatic carboxylic acids is 1. The van der Waals surface area contributed by atoms with Crippen molar-refractivity contribution in [2.75, 3.05) is 6.61 Å². The van der Waals surface area contributed by atoms with Crippen molar-refractivity contribution in [3.63, 3.8) is 0 Å². The average Bonchev–Trinajstić information content (AvgIpc) is 2.24. The summed E-state index contributed by atoms with van der Waals surface area (Å²) >= 11 is 0. The van der Waals surface area contributed by atoms with Crippen molar-refractivity contribution in [1.29, 1.82) is 0 Å². The van der Waals surface area contributed by atoms with Crippen molar-refractivity contribution in [3.05, 3.63) is 0 Å². The lowest BCUT2D eigenvalue weighted by molar-refractivity contribution is -0.144. The molecule has 0 spiro atoms. The van der Waals surface area contributed by atoms with Gasteiger partial charge < -0.3 is 15.5 Å². The van der Waals surface area contributed by atoms with Gasteiger partial charge in [-0.15, -0.1) is 0 Å². The standard InChI is InChI=1S/C12H21NO4/c1-12(2)6-4-3-5-8(12)10(15)13-9(7-14)11(16)17/h8-9,14H,3-7H2,1-2H3,(H,13,15)(H,16,17)/t8?,9-/m0/s1. The van der Waals surface area contributed by atoms with Crippen molar-refractivity contribution < 1.29 is 19.8 Å². The largest absolute Gasteiger partial charge is 0.480 e. The first-order valence-electron chi connectivity index (χ1n) is 6.02. The number of carboxylic acid groups (broad SMARTS) is 1. The molecule has 5 heteroatoms. The van der Waals surface area contributed by atoms with Gasteiger partial charge in [0.2, 0.25) is 5.91 Å². The Kier molecular flexibility index (Phi) is 4.51. The molecule has 1 aliphatic rings. The molecule has 2 atom stereocenters. The topological polar surface area (TPSA) is 86.6 Å². The highest BCUT2D eigenvalue weighted by atomic mass is 16.4. The Morgan fingerprint density at radius 3 is 2.53 bits per heavy atom. The Hall–Kier alpha value is -1.10. The van der Waals surface area contributed by atoms with E-state index in [9.17, 15) is 9.59 Å². The van der Waals surface area contributed by atoms with Crippen LogP contribution in [0.3, 0.4) is 0 Å². The molecular weight excluding hydrogens is 222 g/mol. The maximum absolute atomic E-state index is 12.0. The maximum atomic E-state index is 12.0. The van der Waals surface area contributed by atoms with E-state index in [-0.39, 0.29) is 17.2 Å². The van der Waals surface area contributed by atoms with E-state index < -0.39 is 18.6 Å². The van der Waals surface area contributed by atoms with Gasteiger partial charge in [0.05, 0.1) is 6.61 Å². The van der Waals surface area contributed by atoms with E-state index in [4.69, 9.17) is 10.2 Å². The molecule has 3 N–H and O–H groups in total. The fourth-order valence-corrected chi connectivity index (χ4v) is 2.44. The van der Waals surface area contributed by atoms with Gasteiger partial charge in [-0.3, -0.25) is 4.79 Å². The van der Waals surface area contributed by atoms with Crippen LogP contribution in [0.4, 0.5) is 0 Å². The zero-order valence-electron chi connectivity index (χ0n) is 10.4. The number of carbonyl (C=O) groups is 2. The fourth-order valence-electron chi connectivity index (χ4n) is 2.44. The molecule has 0 aliphatic heterocycles. The van der Waals surface area contributed by atoms with Crippen molar-refractivity contribution in [1.82, 2.24) is 5.32 Å². The lowest BCUT2D eigenvalue weighted by Crippen LogP contribution is -2.49. The van der Waals surface area contributed by atoms with Gasteiger partial charge in [-0.05, 0) is 18.3 Å². The van der Waals surface area contributed by atoms with Crippen LogP contribution >= 0.6 is 0 Å². The third kappa shape index (κ3) is 3.43. The summed E-state index contributed by atoms with van der Waals surface area (Å²) in [4.78, 5) is 22.7. The third-order valence-electron chi connectivity index (χ3n) is 3.62. The second-order valence-electron chi connectivity index (χ2n) is 5.37. The monoisotopic (exact) mass is 243 g/mol. The number of hydrogen-bond donors (Lipinski definition) is 3. The Balaban J connectivity index is 2.65. The van der Waals surface area contributed by atoms with Gasteiger partial charge in [0.1, 0.15) is 6.04 Å². The highest BCUT2D eigenvalue weighted by molar-refractivity contribution is 5.85. The number of carboxylic acids is 1. The Morgan fingerprint density at radius 2 is 2.06 bits per heavy atom. The van der Waals surface area contributed by atoms with Crippen LogP contribution in [-0.4, -0.2) is 34.7 Å². The third-order valence-corrected chi connectivity index (χ3v) is 3.62. The second kappa shape index (κ2) is 5.49. The zero-order chi connectivity index (χ0) is 13.1. The molecule has 0 aromatic heterocycles. The fraction of sp³-hybridized carbons (Fsp3) is 0.833. The summed E-state index contributed by atoms with van der Waals surface area (Å²) in [6.07, 6.45) is 3.87. The van der Waals surface area contributed by atoms with Crippen LogP contribution < -0.4 is 5.32 Å². The molecule has 1 saturated carbocycles. The molecule has 0 radical (unpaired) electrons. The predicted octanol–water partition coefficient (Wildman–Crippen LogP) is 0.764. The first-order valence-corrected chi connectivity index (χ1v) is 6.02. The Labute approximate surface area is 101 Å². The normalized spacial score (nSPS) is 25.0. The van der Waals surface area contributed by atoms with E-state index in [1.54, 1.807) is 0 Å². The summed E-state index contributed by atoms with van der Waals surface area (Å²) in [5, 5.41) is 20.1. The number of rotatable bonds is 4. The van der Waals surface area contributed by atoms with Crippen LogP contribution in [-0.2, 0) is 9.59 Å². The smallest absolute Gasteiger partial charge is 0.328 e. The number of aliphatic hydroxyl groups excluding tert-OH is 1. The quantitative estimate of drug-likeness (QED) is 0.680. The predicted molar refractivity (Wildman–Crippen MR) is 62.4 cm³/mol. The highest BCUT2D eigenvalue weighted by Gasteiger charge is 2.38. The van der Waals surface area contributed by atoms with E-state index in [0.29, 0.717) is 0 Å². The minimum Gasteiger partial charge on any atom is -0.480 e. The summed E-state index contributed by atoms with van der Waals surface area (Å²) in [6.45, 7) is 3.49. The lowest BCUT2D eigenvalue weighted by Gasteiger charge is -2.37. The Morgan fingerprint density at radius 1 is 1.41 bits per heavy atom. The molecule has 0 saturated heterocycles. The van der Waals surface area contributed by atoms with Gasteiger partial charge in [0.25, 0.3) is 0 Å². The summed E-state index contributed by atoms with van der Waals surface area (Å²) in [5.74, 6) is -1.62. The van der Waals surface area contributed by atoms with Gasteiger partial charge in [0, 0.05) is 5.92 Å². The number of aliphatic hydroxyl groups is 1. The number of amides is 1. The van der Waals surface area contributed by atoms with Crippen LogP contribution in [0.15, 0.2) is 0 Å². The molecule has 17 heavy (non-hydrogen) atoms. The molecule has 1 unspecified atom stereocenters. The van der Waals surface area contributed by atoms with Gasteiger partial charge in [0.15, 0.2) is 0 Å². The molecule has 98 valence electrons. The van der Waals surface area contributed by atoms with Crippen molar-refractivity contribution in [2.24, 2.45) is 11.3 Å². The molecule has 0 aromatic rings. The Bertz CT molecular complexity index is 301. The average molecular weight is 243 g/mol. The SMILES string of the molecule is CC1(C)CCCCC1C(=O)N[C@@H](CO)C(=O)O. The molecule has 1 amide bonds. The van der Waals surface area contributed by atoms with E-state index in [2.05, 4.69) is 5.32 Å². The number of nitrogens with one attached hydrogen (secondary N) is 1. The lowest BCUT2D eigenvalue weighted by atomic mass is 9.68. The van der Waals surface area contributed by atoms with Gasteiger partial charge >= 0.3 is 5.97 Å². The van der Waals surface area contributed by atoms with Crippen LogP contribution in [0.25, 0.3) is 0 Å². The molecule has 0 aromatic carbocycles. The maximum Gasteiger partial charge on any atom is 0.328 e. The molecule has 0 heterocycles.